The zero-order chi connectivity index (χ0) is 44.3. The summed E-state index contributed by atoms with van der Waals surface area (Å²) < 4.78 is 0. The highest BCUT2D eigenvalue weighted by molar-refractivity contribution is 7.79. The first kappa shape index (κ1) is 38.9. The zero-order valence-electron chi connectivity index (χ0n) is 36.0. The summed E-state index contributed by atoms with van der Waals surface area (Å²) in [5.74, 6) is 0. The summed E-state index contributed by atoms with van der Waals surface area (Å²) in [7, 11) is -0.940. The Hall–Kier alpha value is -8.57. The SMILES string of the molecule is c1ccc(P(c2ccccc2)c2cc(-c3ccc4ccc5cccnc5c4n3)cc(-c3ccc4ccc5ccc(-c6cccc(-c7ccc8ccc9cccnc9c8n7)c6)nc5c4n3)c2)cc1. The molecular formula is C60H37N6P. The summed E-state index contributed by atoms with van der Waals surface area (Å²) in [5.41, 5.74) is 12.8. The van der Waals surface area contributed by atoms with Gasteiger partial charge >= 0.3 is 0 Å². The molecule has 0 aliphatic carbocycles. The summed E-state index contributed by atoms with van der Waals surface area (Å²) in [5, 5.41) is 10.1. The lowest BCUT2D eigenvalue weighted by molar-refractivity contribution is 1.35. The van der Waals surface area contributed by atoms with Crippen LogP contribution in [0.3, 0.4) is 0 Å². The number of fused-ring (bicyclic) bond motifs is 9. The molecule has 0 saturated carbocycles. The smallest absolute Gasteiger partial charge is 0.0972 e. The van der Waals surface area contributed by atoms with Crippen molar-refractivity contribution in [2.24, 2.45) is 0 Å². The number of benzene rings is 7. The molecule has 0 saturated heterocycles. The molecule has 0 unspecified atom stereocenters. The Balaban J connectivity index is 0.959. The Labute approximate surface area is 387 Å². The van der Waals surface area contributed by atoms with Gasteiger partial charge in [0.25, 0.3) is 0 Å². The van der Waals surface area contributed by atoms with E-state index in [1.54, 1.807) is 0 Å². The average Bonchev–Trinajstić information content (AvgIpc) is 3.40. The lowest BCUT2D eigenvalue weighted by Gasteiger charge is -2.21. The largest absolute Gasteiger partial charge is 0.254 e. The van der Waals surface area contributed by atoms with Crippen LogP contribution >= 0.6 is 7.92 Å². The zero-order valence-corrected chi connectivity index (χ0v) is 36.9. The van der Waals surface area contributed by atoms with Crippen molar-refractivity contribution >= 4 is 89.3 Å². The maximum Gasteiger partial charge on any atom is 0.0972 e. The summed E-state index contributed by atoms with van der Waals surface area (Å²) in [6, 6.07) is 75.0. The average molecular weight is 873 g/mol. The van der Waals surface area contributed by atoms with Crippen LogP contribution in [0.25, 0.3) is 110 Å². The van der Waals surface area contributed by atoms with Gasteiger partial charge < -0.3 is 0 Å². The summed E-state index contributed by atoms with van der Waals surface area (Å²) >= 11 is 0. The molecule has 0 bridgehead atoms. The van der Waals surface area contributed by atoms with Gasteiger partial charge in [0.15, 0.2) is 0 Å². The predicted molar refractivity (Wildman–Crippen MR) is 279 cm³/mol. The second-order valence-electron chi connectivity index (χ2n) is 16.8. The molecule has 0 atom stereocenters. The van der Waals surface area contributed by atoms with E-state index >= 15 is 0 Å². The van der Waals surface area contributed by atoms with Gasteiger partial charge in [-0.25, -0.2) is 19.9 Å². The van der Waals surface area contributed by atoms with Crippen LogP contribution in [0.15, 0.2) is 225 Å². The van der Waals surface area contributed by atoms with E-state index < -0.39 is 7.92 Å². The molecule has 0 radical (unpaired) electrons. The molecule has 13 aromatic rings. The van der Waals surface area contributed by atoms with E-state index in [1.807, 2.05) is 24.5 Å². The van der Waals surface area contributed by atoms with Crippen molar-refractivity contribution in [3.8, 4) is 45.0 Å². The molecule has 7 aromatic carbocycles. The molecule has 312 valence electrons. The molecule has 6 nitrogen and oxygen atoms in total. The van der Waals surface area contributed by atoms with E-state index in [-0.39, 0.29) is 0 Å². The minimum atomic E-state index is -0.940. The Morgan fingerprint density at radius 3 is 1.00 bits per heavy atom. The van der Waals surface area contributed by atoms with Crippen molar-refractivity contribution in [2.75, 3.05) is 0 Å². The molecule has 67 heavy (non-hydrogen) atoms. The lowest BCUT2D eigenvalue weighted by atomic mass is 10.0. The van der Waals surface area contributed by atoms with Gasteiger partial charge in [0.2, 0.25) is 0 Å². The van der Waals surface area contributed by atoms with Crippen molar-refractivity contribution in [1.29, 1.82) is 0 Å². The number of nitrogens with zero attached hydrogens (tertiary/aromatic N) is 6. The maximum absolute atomic E-state index is 5.50. The fourth-order valence-corrected chi connectivity index (χ4v) is 11.7. The van der Waals surface area contributed by atoms with Crippen LogP contribution in [0, 0.1) is 0 Å². The van der Waals surface area contributed by atoms with Gasteiger partial charge in [-0.05, 0) is 84.5 Å². The van der Waals surface area contributed by atoms with Gasteiger partial charge in [0.1, 0.15) is 0 Å². The third-order valence-corrected chi connectivity index (χ3v) is 15.0. The highest BCUT2D eigenvalue weighted by Gasteiger charge is 2.20. The van der Waals surface area contributed by atoms with Crippen LogP contribution in [0.2, 0.25) is 0 Å². The van der Waals surface area contributed by atoms with Gasteiger partial charge in [-0.3, -0.25) is 9.97 Å². The first-order valence-corrected chi connectivity index (χ1v) is 23.7. The molecule has 0 aliphatic heterocycles. The van der Waals surface area contributed by atoms with E-state index in [0.717, 1.165) is 110 Å². The Kier molecular flexibility index (Phi) is 9.36. The number of pyridine rings is 6. The second-order valence-corrected chi connectivity index (χ2v) is 19.0. The maximum atomic E-state index is 5.50. The van der Waals surface area contributed by atoms with Gasteiger partial charge in [0.05, 0.1) is 55.9 Å². The number of aromatic nitrogens is 6. The van der Waals surface area contributed by atoms with E-state index in [4.69, 9.17) is 24.9 Å². The first-order chi connectivity index (χ1) is 33.2. The Bertz CT molecular complexity index is 4030. The third kappa shape index (κ3) is 7.03. The lowest BCUT2D eigenvalue weighted by Crippen LogP contribution is -2.21. The van der Waals surface area contributed by atoms with Crippen LogP contribution in [0.5, 0.6) is 0 Å². The summed E-state index contributed by atoms with van der Waals surface area (Å²) in [4.78, 5) is 30.8. The predicted octanol–water partition coefficient (Wildman–Crippen LogP) is 13.4. The van der Waals surface area contributed by atoms with Crippen LogP contribution in [0.1, 0.15) is 0 Å². The second kappa shape index (κ2) is 16.1. The fourth-order valence-electron chi connectivity index (χ4n) is 9.33. The Morgan fingerprint density at radius 1 is 0.239 bits per heavy atom. The van der Waals surface area contributed by atoms with E-state index in [1.165, 1.54) is 15.9 Å². The monoisotopic (exact) mass is 872 g/mol. The van der Waals surface area contributed by atoms with Gasteiger partial charge in [0, 0.05) is 67.0 Å². The normalized spacial score (nSPS) is 11.7. The molecule has 0 spiro atoms. The molecule has 0 fully saturated rings. The fraction of sp³-hybridized carbons (Fsp3) is 0. The molecule has 7 heteroatoms. The van der Waals surface area contributed by atoms with Crippen LogP contribution < -0.4 is 15.9 Å². The van der Waals surface area contributed by atoms with Crippen molar-refractivity contribution in [3.05, 3.63) is 225 Å². The Morgan fingerprint density at radius 2 is 0.582 bits per heavy atom. The molecule has 0 aliphatic rings. The van der Waals surface area contributed by atoms with E-state index in [0.29, 0.717) is 0 Å². The van der Waals surface area contributed by atoms with Gasteiger partial charge in [-0.15, -0.1) is 0 Å². The highest BCUT2D eigenvalue weighted by Crippen LogP contribution is 2.38. The number of hydrogen-bond acceptors (Lipinski definition) is 6. The van der Waals surface area contributed by atoms with Gasteiger partial charge in [-0.2, -0.15) is 0 Å². The molecule has 0 amide bonds. The van der Waals surface area contributed by atoms with E-state index in [2.05, 4.69) is 205 Å². The quantitative estimate of drug-likeness (QED) is 0.117. The third-order valence-electron chi connectivity index (χ3n) is 12.6. The molecule has 6 heterocycles. The van der Waals surface area contributed by atoms with Crippen molar-refractivity contribution in [2.45, 2.75) is 0 Å². The van der Waals surface area contributed by atoms with Gasteiger partial charge in [-0.1, -0.05) is 152 Å². The number of rotatable bonds is 7. The first-order valence-electron chi connectivity index (χ1n) is 22.3. The van der Waals surface area contributed by atoms with Crippen molar-refractivity contribution < 1.29 is 0 Å². The van der Waals surface area contributed by atoms with Crippen LogP contribution in [-0.2, 0) is 0 Å². The molecule has 13 rings (SSSR count). The van der Waals surface area contributed by atoms with E-state index in [9.17, 15) is 0 Å². The molecule has 0 N–H and O–H groups in total. The highest BCUT2D eigenvalue weighted by atomic mass is 31.1. The van der Waals surface area contributed by atoms with Crippen molar-refractivity contribution in [3.63, 3.8) is 0 Å². The topological polar surface area (TPSA) is 77.3 Å². The minimum absolute atomic E-state index is 0.852. The summed E-state index contributed by atoms with van der Waals surface area (Å²) in [6.07, 6.45) is 3.67. The number of hydrogen-bond donors (Lipinski definition) is 0. The molecule has 6 aromatic heterocycles. The standard InChI is InChI=1S/C60H37N6P/c1-3-14-48(15-4-1)67(49-16-5-2-6-17-49)50-36-46(53-30-26-41-21-19-39-13-9-33-62-56(39)58(41)65-53)35-47(37-50)54-31-27-43-23-22-42-25-29-52(64-59(42)60(43)66-54)45-11-7-10-44(34-45)51-28-24-40-20-18-38-12-8-32-61-55(38)57(40)63-51/h1-37H. The summed E-state index contributed by atoms with van der Waals surface area (Å²) in [6.45, 7) is 0. The van der Waals surface area contributed by atoms with Crippen molar-refractivity contribution in [1.82, 2.24) is 29.9 Å². The van der Waals surface area contributed by atoms with Crippen LogP contribution in [0.4, 0.5) is 0 Å². The minimum Gasteiger partial charge on any atom is -0.254 e. The molecular weight excluding hydrogens is 836 g/mol. The van der Waals surface area contributed by atoms with Crippen LogP contribution in [-0.4, -0.2) is 29.9 Å².